The van der Waals surface area contributed by atoms with Gasteiger partial charge in [0.15, 0.2) is 11.3 Å². The van der Waals surface area contributed by atoms with Crippen LogP contribution in [0.4, 0.5) is 4.39 Å². The molecule has 1 N–H and O–H groups in total. The summed E-state index contributed by atoms with van der Waals surface area (Å²) < 4.78 is 27.6. The Bertz CT molecular complexity index is 1600. The Kier molecular flexibility index (Phi) is 7.51. The van der Waals surface area contributed by atoms with Crippen molar-refractivity contribution in [2.45, 2.75) is 38.6 Å². The summed E-state index contributed by atoms with van der Waals surface area (Å²) >= 11 is 5.84. The van der Waals surface area contributed by atoms with Gasteiger partial charge in [0, 0.05) is 30.3 Å². The summed E-state index contributed by atoms with van der Waals surface area (Å²) in [6.07, 6.45) is 4.11. The smallest absolute Gasteiger partial charge is 0.354 e. The zero-order valence-electron chi connectivity index (χ0n) is 21.7. The second kappa shape index (κ2) is 11.4. The van der Waals surface area contributed by atoms with Gasteiger partial charge in [-0.25, -0.2) is 19.2 Å². The second-order valence-electron chi connectivity index (χ2n) is 10.0. The minimum atomic E-state index is -1.06. The molecule has 6 rings (SSSR count). The van der Waals surface area contributed by atoms with Crippen LogP contribution in [0.1, 0.15) is 40.3 Å². The number of benzene rings is 2. The number of carboxylic acid groups (broad SMARTS) is 1. The Morgan fingerprint density at radius 3 is 2.77 bits per heavy atom. The summed E-state index contributed by atoms with van der Waals surface area (Å²) in [5.41, 5.74) is 4.02. The third-order valence-electron chi connectivity index (χ3n) is 7.34. The molecule has 4 heterocycles. The highest BCUT2D eigenvalue weighted by atomic mass is 35.5. The Hall–Kier alpha value is -3.79. The van der Waals surface area contributed by atoms with Crippen LogP contribution in [0.5, 0.6) is 5.75 Å². The molecule has 0 radical (unpaired) electrons. The molecular weight excluding hydrogens is 535 g/mol. The van der Waals surface area contributed by atoms with Crippen LogP contribution in [-0.2, 0) is 24.4 Å². The molecule has 8 nitrogen and oxygen atoms in total. The molecule has 40 heavy (non-hydrogen) atoms. The van der Waals surface area contributed by atoms with Crippen LogP contribution >= 0.6 is 11.6 Å². The number of fused-ring (bicyclic) bond motifs is 1. The summed E-state index contributed by atoms with van der Waals surface area (Å²) in [6, 6.07) is 15.6. The van der Waals surface area contributed by atoms with E-state index < -0.39 is 5.97 Å². The van der Waals surface area contributed by atoms with E-state index >= 15 is 0 Å². The molecule has 0 bridgehead atoms. The van der Waals surface area contributed by atoms with E-state index in [9.17, 15) is 14.3 Å². The molecule has 0 unspecified atom stereocenters. The Labute approximate surface area is 235 Å². The van der Waals surface area contributed by atoms with Crippen molar-refractivity contribution in [3.05, 3.63) is 94.2 Å². The van der Waals surface area contributed by atoms with Crippen LogP contribution in [0.25, 0.3) is 16.7 Å². The number of imidazole rings is 1. The van der Waals surface area contributed by atoms with E-state index in [1.54, 1.807) is 18.2 Å². The standard InChI is InChI=1S/C30H28ClFN4O4/c31-22-5-4-21(25(32)15-22)18-40-23-3-1-2-20(14-23)19-8-11-35(12-9-19)17-28-33-26-6-7-27(30(37)38)34-29(26)36(28)16-24-10-13-39-24/h1-8,14-15,24H,9-13,16-18H2,(H,37,38)/t24-/m0/s1. The van der Waals surface area contributed by atoms with E-state index in [0.717, 1.165) is 43.9 Å². The minimum absolute atomic E-state index is 0.00443. The molecular formula is C30H28ClFN4O4. The molecule has 1 atom stereocenters. The molecule has 2 aliphatic heterocycles. The van der Waals surface area contributed by atoms with E-state index in [-0.39, 0.29) is 24.2 Å². The molecule has 2 aromatic heterocycles. The predicted octanol–water partition coefficient (Wildman–Crippen LogP) is 5.58. The number of rotatable bonds is 9. The van der Waals surface area contributed by atoms with Gasteiger partial charge < -0.3 is 19.1 Å². The van der Waals surface area contributed by atoms with Gasteiger partial charge in [0.2, 0.25) is 0 Å². The van der Waals surface area contributed by atoms with E-state index in [1.165, 1.54) is 17.7 Å². The number of halogens is 2. The van der Waals surface area contributed by atoms with Crippen LogP contribution in [0.15, 0.2) is 60.7 Å². The highest BCUT2D eigenvalue weighted by Crippen LogP contribution is 2.28. The van der Waals surface area contributed by atoms with Crippen molar-refractivity contribution < 1.29 is 23.8 Å². The molecule has 4 aromatic rings. The van der Waals surface area contributed by atoms with Crippen LogP contribution < -0.4 is 4.74 Å². The molecule has 0 aliphatic carbocycles. The lowest BCUT2D eigenvalue weighted by Gasteiger charge is -2.29. The molecule has 2 aliphatic rings. The first-order valence-electron chi connectivity index (χ1n) is 13.2. The monoisotopic (exact) mass is 562 g/mol. The van der Waals surface area contributed by atoms with Gasteiger partial charge in [0.25, 0.3) is 0 Å². The SMILES string of the molecule is O=C(O)c1ccc2nc(CN3CC=C(c4cccc(OCc5ccc(Cl)cc5F)c4)CC3)n(C[C@@H]3CCO3)c2n1. The third-order valence-corrected chi connectivity index (χ3v) is 7.58. The molecule has 10 heteroatoms. The van der Waals surface area contributed by atoms with E-state index in [1.807, 2.05) is 22.8 Å². The molecule has 1 saturated heterocycles. The van der Waals surface area contributed by atoms with Crippen LogP contribution in [0.2, 0.25) is 5.02 Å². The lowest BCUT2D eigenvalue weighted by molar-refractivity contribution is -0.0592. The minimum Gasteiger partial charge on any atom is -0.489 e. The summed E-state index contributed by atoms with van der Waals surface area (Å²) in [6.45, 7) is 3.66. The van der Waals surface area contributed by atoms with Gasteiger partial charge in [-0.3, -0.25) is 4.90 Å². The predicted molar refractivity (Wildman–Crippen MR) is 149 cm³/mol. The van der Waals surface area contributed by atoms with Crippen LogP contribution in [-0.4, -0.2) is 56.3 Å². The summed E-state index contributed by atoms with van der Waals surface area (Å²) in [7, 11) is 0. The van der Waals surface area contributed by atoms with Gasteiger partial charge in [0.1, 0.15) is 29.5 Å². The Morgan fingerprint density at radius 2 is 2.05 bits per heavy atom. The molecule has 0 saturated carbocycles. The van der Waals surface area contributed by atoms with Crippen molar-refractivity contribution in [2.75, 3.05) is 19.7 Å². The van der Waals surface area contributed by atoms with Gasteiger partial charge >= 0.3 is 5.97 Å². The first kappa shape index (κ1) is 26.4. The fourth-order valence-electron chi connectivity index (χ4n) is 5.01. The van der Waals surface area contributed by atoms with Crippen molar-refractivity contribution in [3.63, 3.8) is 0 Å². The average molecular weight is 563 g/mol. The molecule has 0 spiro atoms. The van der Waals surface area contributed by atoms with Gasteiger partial charge in [-0.2, -0.15) is 0 Å². The highest BCUT2D eigenvalue weighted by Gasteiger charge is 2.24. The highest BCUT2D eigenvalue weighted by molar-refractivity contribution is 6.30. The average Bonchev–Trinajstić information content (AvgIpc) is 3.26. The van der Waals surface area contributed by atoms with E-state index in [4.69, 9.17) is 26.1 Å². The lowest BCUT2D eigenvalue weighted by Crippen LogP contribution is -2.33. The van der Waals surface area contributed by atoms with Crippen molar-refractivity contribution in [2.24, 2.45) is 0 Å². The third kappa shape index (κ3) is 5.72. The Morgan fingerprint density at radius 1 is 1.18 bits per heavy atom. The first-order chi connectivity index (χ1) is 19.4. The van der Waals surface area contributed by atoms with Gasteiger partial charge in [-0.15, -0.1) is 0 Å². The first-order valence-corrected chi connectivity index (χ1v) is 13.6. The zero-order valence-corrected chi connectivity index (χ0v) is 22.5. The van der Waals surface area contributed by atoms with E-state index in [2.05, 4.69) is 22.0 Å². The molecule has 0 amide bonds. The summed E-state index contributed by atoms with van der Waals surface area (Å²) in [5.74, 6) is 0.0829. The zero-order chi connectivity index (χ0) is 27.6. The van der Waals surface area contributed by atoms with Crippen molar-refractivity contribution in [3.8, 4) is 5.75 Å². The number of aromatic nitrogens is 3. The maximum atomic E-state index is 14.1. The van der Waals surface area contributed by atoms with Gasteiger partial charge in [0.05, 0.1) is 19.2 Å². The van der Waals surface area contributed by atoms with Crippen molar-refractivity contribution in [1.82, 2.24) is 19.4 Å². The van der Waals surface area contributed by atoms with Crippen LogP contribution in [0.3, 0.4) is 0 Å². The molecule has 206 valence electrons. The number of hydrogen-bond donors (Lipinski definition) is 1. The summed E-state index contributed by atoms with van der Waals surface area (Å²) in [4.78, 5) is 23.0. The number of nitrogens with zero attached hydrogens (tertiary/aromatic N) is 4. The lowest BCUT2D eigenvalue weighted by atomic mass is 9.99. The molecule has 1 fully saturated rings. The topological polar surface area (TPSA) is 89.7 Å². The quantitative estimate of drug-likeness (QED) is 0.285. The molecule has 2 aromatic carbocycles. The number of carboxylic acids is 1. The fourth-order valence-corrected chi connectivity index (χ4v) is 5.17. The number of pyridine rings is 1. The number of aromatic carboxylic acids is 1. The fraction of sp³-hybridized carbons (Fsp3) is 0.300. The number of ether oxygens (including phenoxy) is 2. The van der Waals surface area contributed by atoms with Crippen molar-refractivity contribution >= 4 is 34.3 Å². The van der Waals surface area contributed by atoms with Crippen molar-refractivity contribution in [1.29, 1.82) is 0 Å². The van der Waals surface area contributed by atoms with Gasteiger partial charge in [-0.1, -0.05) is 35.9 Å². The maximum Gasteiger partial charge on any atom is 0.354 e. The number of hydrogen-bond acceptors (Lipinski definition) is 6. The largest absolute Gasteiger partial charge is 0.489 e. The van der Waals surface area contributed by atoms with E-state index in [0.29, 0.717) is 40.6 Å². The van der Waals surface area contributed by atoms with Gasteiger partial charge in [-0.05, 0) is 60.4 Å². The second-order valence-corrected chi connectivity index (χ2v) is 10.5. The number of carbonyl (C=O) groups is 1. The maximum absolute atomic E-state index is 14.1. The van der Waals surface area contributed by atoms with Crippen LogP contribution in [0, 0.1) is 5.82 Å². The Balaban J connectivity index is 1.15. The normalized spacial score (nSPS) is 17.4. The summed E-state index contributed by atoms with van der Waals surface area (Å²) in [5, 5.41) is 9.78.